The number of methoxy groups -OCH3 is 1. The number of nitrogens with zero attached hydrogens (tertiary/aromatic N) is 3. The van der Waals surface area contributed by atoms with E-state index < -0.39 is 0 Å². The van der Waals surface area contributed by atoms with E-state index in [1.165, 1.54) is 6.07 Å². The number of rotatable bonds is 4. The van der Waals surface area contributed by atoms with Crippen molar-refractivity contribution in [3.63, 3.8) is 0 Å². The summed E-state index contributed by atoms with van der Waals surface area (Å²) in [5, 5.41) is 0. The summed E-state index contributed by atoms with van der Waals surface area (Å²) in [5.41, 5.74) is 1.14. The van der Waals surface area contributed by atoms with Crippen molar-refractivity contribution in [1.29, 1.82) is 0 Å². The highest BCUT2D eigenvalue weighted by Crippen LogP contribution is 2.27. The molecule has 120 valence electrons. The number of carbonyl (C=O) groups is 1. The summed E-state index contributed by atoms with van der Waals surface area (Å²) in [6, 6.07) is 4.81. The summed E-state index contributed by atoms with van der Waals surface area (Å²) in [7, 11) is 1.55. The minimum Gasteiger partial charge on any atom is -0.378 e. The molecule has 0 aromatic heterocycles. The molecule has 2 saturated heterocycles. The first-order valence-corrected chi connectivity index (χ1v) is 7.38. The van der Waals surface area contributed by atoms with Gasteiger partial charge in [-0.1, -0.05) is 0 Å². The molecule has 7 heteroatoms. The lowest BCUT2D eigenvalue weighted by Gasteiger charge is -2.29. The van der Waals surface area contributed by atoms with Crippen molar-refractivity contribution in [2.24, 2.45) is 0 Å². The number of hydrogen-bond acceptors (Lipinski definition) is 4. The van der Waals surface area contributed by atoms with Crippen LogP contribution in [0.3, 0.4) is 0 Å². The lowest BCUT2D eigenvalue weighted by molar-refractivity contribution is 0.0975. The summed E-state index contributed by atoms with van der Waals surface area (Å²) in [6.45, 7) is 3.96. The topological polar surface area (TPSA) is 45.2 Å². The third kappa shape index (κ3) is 2.86. The monoisotopic (exact) mass is 309 g/mol. The molecule has 0 radical (unpaired) electrons. The molecule has 1 aromatic rings. The Morgan fingerprint density at radius 3 is 2.68 bits per heavy atom. The maximum Gasteiger partial charge on any atom is 0.326 e. The minimum absolute atomic E-state index is 0.152. The van der Waals surface area contributed by atoms with Crippen LogP contribution in [0.2, 0.25) is 0 Å². The second kappa shape index (κ2) is 6.50. The smallest absolute Gasteiger partial charge is 0.326 e. The maximum atomic E-state index is 14.4. The molecule has 2 aliphatic heterocycles. The van der Waals surface area contributed by atoms with Crippen molar-refractivity contribution in [3.05, 3.63) is 24.0 Å². The van der Waals surface area contributed by atoms with Crippen LogP contribution in [0.25, 0.3) is 0 Å². The van der Waals surface area contributed by atoms with Crippen molar-refractivity contribution in [2.75, 3.05) is 63.0 Å². The van der Waals surface area contributed by atoms with Gasteiger partial charge in [-0.25, -0.2) is 9.18 Å². The highest BCUT2D eigenvalue weighted by Gasteiger charge is 2.30. The number of benzene rings is 1. The van der Waals surface area contributed by atoms with Gasteiger partial charge in [0.05, 0.1) is 18.9 Å². The van der Waals surface area contributed by atoms with Gasteiger partial charge in [0.25, 0.3) is 0 Å². The quantitative estimate of drug-likeness (QED) is 0.846. The van der Waals surface area contributed by atoms with E-state index in [1.807, 2.05) is 4.90 Å². The zero-order valence-electron chi connectivity index (χ0n) is 12.6. The van der Waals surface area contributed by atoms with Crippen LogP contribution < -0.4 is 9.80 Å². The minimum atomic E-state index is -0.308. The predicted molar refractivity (Wildman–Crippen MR) is 80.8 cm³/mol. The van der Waals surface area contributed by atoms with Crippen molar-refractivity contribution >= 4 is 17.4 Å². The van der Waals surface area contributed by atoms with Gasteiger partial charge in [-0.3, -0.25) is 9.80 Å². The average molecular weight is 309 g/mol. The maximum absolute atomic E-state index is 14.4. The fourth-order valence-corrected chi connectivity index (χ4v) is 2.82. The number of morpholine rings is 1. The molecule has 0 N–H and O–H groups in total. The van der Waals surface area contributed by atoms with Gasteiger partial charge in [0.2, 0.25) is 0 Å². The second-order valence-electron chi connectivity index (χ2n) is 5.35. The fourth-order valence-electron chi connectivity index (χ4n) is 2.82. The predicted octanol–water partition coefficient (Wildman–Crippen LogP) is 1.51. The van der Waals surface area contributed by atoms with Crippen LogP contribution in [0, 0.1) is 5.82 Å². The van der Waals surface area contributed by atoms with Crippen LogP contribution in [0.15, 0.2) is 18.2 Å². The van der Waals surface area contributed by atoms with E-state index in [-0.39, 0.29) is 18.6 Å². The summed E-state index contributed by atoms with van der Waals surface area (Å²) in [4.78, 5) is 17.3. The molecule has 0 aliphatic carbocycles. The van der Waals surface area contributed by atoms with E-state index in [0.717, 1.165) is 0 Å². The molecule has 0 spiro atoms. The molecule has 1 aromatic carbocycles. The number of amides is 2. The summed E-state index contributed by atoms with van der Waals surface area (Å²) in [5.74, 6) is -0.308. The zero-order valence-corrected chi connectivity index (χ0v) is 12.6. The molecule has 2 heterocycles. The van der Waals surface area contributed by atoms with Crippen LogP contribution in [-0.2, 0) is 9.47 Å². The van der Waals surface area contributed by atoms with Gasteiger partial charge in [0, 0.05) is 39.0 Å². The normalized spacial score (nSPS) is 19.2. The Morgan fingerprint density at radius 1 is 1.23 bits per heavy atom. The summed E-state index contributed by atoms with van der Waals surface area (Å²) < 4.78 is 24.7. The molecule has 22 heavy (non-hydrogen) atoms. The third-order valence-corrected chi connectivity index (χ3v) is 3.97. The molecule has 2 aliphatic rings. The van der Waals surface area contributed by atoms with Crippen molar-refractivity contribution in [3.8, 4) is 0 Å². The number of anilines is 2. The highest BCUT2D eigenvalue weighted by atomic mass is 19.1. The number of halogens is 1. The van der Waals surface area contributed by atoms with E-state index in [0.29, 0.717) is 50.8 Å². The lowest BCUT2D eigenvalue weighted by atomic mass is 10.2. The van der Waals surface area contributed by atoms with Gasteiger partial charge in [0.1, 0.15) is 12.5 Å². The van der Waals surface area contributed by atoms with Crippen molar-refractivity contribution in [2.45, 2.75) is 0 Å². The van der Waals surface area contributed by atoms with E-state index in [9.17, 15) is 9.18 Å². The molecular formula is C15H20FN3O3. The molecule has 6 nitrogen and oxygen atoms in total. The first-order valence-electron chi connectivity index (χ1n) is 7.38. The van der Waals surface area contributed by atoms with Gasteiger partial charge in [-0.05, 0) is 18.2 Å². The Labute approximate surface area is 129 Å². The van der Waals surface area contributed by atoms with E-state index in [1.54, 1.807) is 29.0 Å². The second-order valence-corrected chi connectivity index (χ2v) is 5.35. The van der Waals surface area contributed by atoms with Crippen LogP contribution in [-0.4, -0.2) is 64.2 Å². The van der Waals surface area contributed by atoms with E-state index in [2.05, 4.69) is 0 Å². The Bertz CT molecular complexity index is 549. The zero-order chi connectivity index (χ0) is 15.5. The molecule has 0 unspecified atom stereocenters. The third-order valence-electron chi connectivity index (χ3n) is 3.97. The lowest BCUT2D eigenvalue weighted by Crippen LogP contribution is -2.37. The number of urea groups is 1. The molecule has 2 fully saturated rings. The van der Waals surface area contributed by atoms with Gasteiger partial charge in [-0.15, -0.1) is 0 Å². The van der Waals surface area contributed by atoms with E-state index >= 15 is 0 Å². The van der Waals surface area contributed by atoms with Crippen LogP contribution in [0.5, 0.6) is 0 Å². The molecule has 0 atom stereocenters. The Balaban J connectivity index is 1.76. The van der Waals surface area contributed by atoms with Crippen LogP contribution in [0.1, 0.15) is 0 Å². The molecular weight excluding hydrogens is 289 g/mol. The number of ether oxygens (including phenoxy) is 2. The van der Waals surface area contributed by atoms with E-state index in [4.69, 9.17) is 9.47 Å². The Hall–Kier alpha value is -1.86. The molecule has 0 bridgehead atoms. The Kier molecular flexibility index (Phi) is 4.44. The van der Waals surface area contributed by atoms with Gasteiger partial charge < -0.3 is 14.4 Å². The molecule has 3 rings (SSSR count). The summed E-state index contributed by atoms with van der Waals surface area (Å²) >= 11 is 0. The van der Waals surface area contributed by atoms with Crippen LogP contribution in [0.4, 0.5) is 20.6 Å². The average Bonchev–Trinajstić information content (AvgIpc) is 2.90. The largest absolute Gasteiger partial charge is 0.378 e. The van der Waals surface area contributed by atoms with Gasteiger partial charge in [-0.2, -0.15) is 0 Å². The molecule has 0 saturated carbocycles. The SMILES string of the molecule is COCN1CCN(c2ccc(N3CCOCC3)c(F)c2)C1=O. The van der Waals surface area contributed by atoms with Crippen molar-refractivity contribution in [1.82, 2.24) is 4.90 Å². The van der Waals surface area contributed by atoms with Crippen LogP contribution >= 0.6 is 0 Å². The standard InChI is InChI=1S/C15H20FN3O3/c1-21-11-18-4-5-19(15(18)20)12-2-3-14(13(16)10-12)17-6-8-22-9-7-17/h2-3,10H,4-9,11H2,1H3. The highest BCUT2D eigenvalue weighted by molar-refractivity contribution is 5.94. The molecule has 2 amide bonds. The van der Waals surface area contributed by atoms with Gasteiger partial charge in [0.15, 0.2) is 0 Å². The number of hydrogen-bond donors (Lipinski definition) is 0. The first-order chi connectivity index (χ1) is 10.7. The number of carbonyl (C=O) groups excluding carboxylic acids is 1. The van der Waals surface area contributed by atoms with Gasteiger partial charge >= 0.3 is 6.03 Å². The fraction of sp³-hybridized carbons (Fsp3) is 0.533. The Morgan fingerprint density at radius 2 is 2.00 bits per heavy atom. The summed E-state index contributed by atoms with van der Waals surface area (Å²) in [6.07, 6.45) is 0. The van der Waals surface area contributed by atoms with Crippen molar-refractivity contribution < 1.29 is 18.7 Å². The first kappa shape index (κ1) is 15.1.